The number of ketones is 2. The monoisotopic (exact) mass is 346 g/mol. The highest BCUT2D eigenvalue weighted by atomic mass is 32.2. The van der Waals surface area contributed by atoms with Crippen LogP contribution in [0.5, 0.6) is 5.75 Å². The van der Waals surface area contributed by atoms with Gasteiger partial charge in [-0.3, -0.25) is 14.4 Å². The number of carbonyl (C=O) groups excluding carboxylic acids is 3. The van der Waals surface area contributed by atoms with Gasteiger partial charge in [-0.2, -0.15) is 0 Å². The molecule has 1 N–H and O–H groups in total. The summed E-state index contributed by atoms with van der Waals surface area (Å²) < 4.78 is 10.8. The normalized spacial score (nSPS) is 31.7. The number of fused-ring (bicyclic) bond motifs is 3. The van der Waals surface area contributed by atoms with Crippen LogP contribution in [0.2, 0.25) is 0 Å². The molecule has 1 fully saturated rings. The van der Waals surface area contributed by atoms with Gasteiger partial charge in [0.15, 0.2) is 22.5 Å². The number of aliphatic hydroxyl groups is 1. The summed E-state index contributed by atoms with van der Waals surface area (Å²) >= 11 is 0.989. The van der Waals surface area contributed by atoms with Gasteiger partial charge in [0.05, 0.1) is 29.6 Å². The Morgan fingerprint density at radius 3 is 2.75 bits per heavy atom. The van der Waals surface area contributed by atoms with Gasteiger partial charge >= 0.3 is 0 Å². The predicted molar refractivity (Wildman–Crippen MR) is 85.2 cm³/mol. The van der Waals surface area contributed by atoms with E-state index in [0.29, 0.717) is 0 Å². The van der Waals surface area contributed by atoms with Crippen molar-refractivity contribution in [2.24, 2.45) is 0 Å². The van der Waals surface area contributed by atoms with E-state index in [1.807, 2.05) is 0 Å². The molecule has 1 aliphatic carbocycles. The summed E-state index contributed by atoms with van der Waals surface area (Å²) in [6.07, 6.45) is -0.505. The number of benzene rings is 1. The van der Waals surface area contributed by atoms with Crippen molar-refractivity contribution >= 4 is 28.4 Å². The third kappa shape index (κ3) is 1.95. The SMILES string of the molecule is COc1cccc2c1C(=O)C1=C(C2=O)[C@H]2SC(=O)C[C@H]2O[C@]1(C)O. The van der Waals surface area contributed by atoms with Crippen LogP contribution >= 0.6 is 11.8 Å². The van der Waals surface area contributed by atoms with E-state index in [2.05, 4.69) is 0 Å². The molecule has 24 heavy (non-hydrogen) atoms. The van der Waals surface area contributed by atoms with Crippen molar-refractivity contribution in [3.8, 4) is 5.75 Å². The molecule has 0 aromatic heterocycles. The fourth-order valence-electron chi connectivity index (χ4n) is 3.60. The number of carbonyl (C=O) groups is 3. The van der Waals surface area contributed by atoms with Crippen LogP contribution in [0.3, 0.4) is 0 Å². The minimum Gasteiger partial charge on any atom is -0.496 e. The van der Waals surface area contributed by atoms with Crippen molar-refractivity contribution in [2.75, 3.05) is 7.11 Å². The molecule has 0 radical (unpaired) electrons. The van der Waals surface area contributed by atoms with Crippen molar-refractivity contribution in [1.29, 1.82) is 0 Å². The van der Waals surface area contributed by atoms with Gasteiger partial charge in [0.1, 0.15) is 5.75 Å². The molecule has 0 unspecified atom stereocenters. The lowest BCUT2D eigenvalue weighted by Gasteiger charge is -2.40. The third-order valence-corrected chi connectivity index (χ3v) is 5.77. The Hall–Kier alpha value is -1.96. The Labute approximate surface area is 141 Å². The highest BCUT2D eigenvalue weighted by Gasteiger charge is 2.55. The van der Waals surface area contributed by atoms with Crippen LogP contribution in [-0.4, -0.2) is 46.0 Å². The molecular formula is C17H14O6S. The number of ether oxygens (including phenoxy) is 2. The summed E-state index contributed by atoms with van der Waals surface area (Å²) in [5.74, 6) is -2.52. The number of rotatable bonds is 1. The van der Waals surface area contributed by atoms with Gasteiger partial charge in [-0.1, -0.05) is 23.9 Å². The lowest BCUT2D eigenvalue weighted by molar-refractivity contribution is -0.194. The summed E-state index contributed by atoms with van der Waals surface area (Å²) in [6, 6.07) is 4.78. The van der Waals surface area contributed by atoms with E-state index in [9.17, 15) is 19.5 Å². The summed E-state index contributed by atoms with van der Waals surface area (Å²) in [5.41, 5.74) is 0.445. The molecule has 7 heteroatoms. The van der Waals surface area contributed by atoms with Gasteiger partial charge in [-0.05, 0) is 13.0 Å². The second kappa shape index (κ2) is 5.02. The molecule has 1 aromatic rings. The average Bonchev–Trinajstić information content (AvgIpc) is 2.89. The van der Waals surface area contributed by atoms with E-state index < -0.39 is 22.9 Å². The lowest BCUT2D eigenvalue weighted by atomic mass is 9.76. The molecule has 2 aliphatic heterocycles. The minimum absolute atomic E-state index is 0.0899. The summed E-state index contributed by atoms with van der Waals surface area (Å²) in [5, 5.41) is 9.98. The maximum Gasteiger partial charge on any atom is 0.199 e. The van der Waals surface area contributed by atoms with Crippen LogP contribution in [0, 0.1) is 0 Å². The van der Waals surface area contributed by atoms with Crippen molar-refractivity contribution in [2.45, 2.75) is 30.5 Å². The van der Waals surface area contributed by atoms with Crippen LogP contribution < -0.4 is 4.74 Å². The van der Waals surface area contributed by atoms with E-state index in [4.69, 9.17) is 9.47 Å². The Morgan fingerprint density at radius 2 is 2.04 bits per heavy atom. The van der Waals surface area contributed by atoms with E-state index in [0.717, 1.165) is 11.8 Å². The number of hydrogen-bond acceptors (Lipinski definition) is 7. The van der Waals surface area contributed by atoms with Gasteiger partial charge in [-0.25, -0.2) is 0 Å². The molecule has 6 nitrogen and oxygen atoms in total. The largest absolute Gasteiger partial charge is 0.496 e. The summed E-state index contributed by atoms with van der Waals surface area (Å²) in [6.45, 7) is 1.33. The first-order chi connectivity index (χ1) is 11.3. The molecule has 124 valence electrons. The number of methoxy groups -OCH3 is 1. The number of thioether (sulfide) groups is 1. The first-order valence-electron chi connectivity index (χ1n) is 7.46. The molecule has 4 rings (SSSR count). The Kier molecular flexibility index (Phi) is 3.25. The maximum atomic E-state index is 13.0. The molecule has 0 bridgehead atoms. The van der Waals surface area contributed by atoms with Gasteiger partial charge in [0.2, 0.25) is 0 Å². The van der Waals surface area contributed by atoms with Crippen molar-refractivity contribution in [1.82, 2.24) is 0 Å². The third-order valence-electron chi connectivity index (χ3n) is 4.55. The van der Waals surface area contributed by atoms with E-state index in [1.54, 1.807) is 18.2 Å². The standard InChI is InChI=1S/C17H14O6S/c1-17(21)13-12(16-9(23-17)6-10(18)24-16)14(19)7-4-3-5-8(22-2)11(7)15(13)20/h3-5,9,16,21H,6H2,1-2H3/t9-,16+,17+/m1/s1. The van der Waals surface area contributed by atoms with Crippen molar-refractivity contribution in [3.05, 3.63) is 40.5 Å². The fourth-order valence-corrected chi connectivity index (χ4v) is 4.79. The molecule has 3 atom stereocenters. The van der Waals surface area contributed by atoms with Crippen LogP contribution in [0.4, 0.5) is 0 Å². The van der Waals surface area contributed by atoms with Crippen LogP contribution in [0.15, 0.2) is 29.3 Å². The van der Waals surface area contributed by atoms with Gasteiger partial charge < -0.3 is 14.6 Å². The average molecular weight is 346 g/mol. The number of Topliss-reactive ketones (excluding diaryl/α,β-unsaturated/α-hetero) is 2. The van der Waals surface area contributed by atoms with Gasteiger partial charge in [0.25, 0.3) is 0 Å². The predicted octanol–water partition coefficient (Wildman–Crippen LogP) is 1.51. The Bertz CT molecular complexity index is 837. The van der Waals surface area contributed by atoms with E-state index >= 15 is 0 Å². The van der Waals surface area contributed by atoms with E-state index in [1.165, 1.54) is 14.0 Å². The quantitative estimate of drug-likeness (QED) is 0.824. The first-order valence-corrected chi connectivity index (χ1v) is 8.34. The van der Waals surface area contributed by atoms with Crippen LogP contribution in [0.1, 0.15) is 34.1 Å². The Morgan fingerprint density at radius 1 is 1.29 bits per heavy atom. The van der Waals surface area contributed by atoms with Crippen LogP contribution in [0.25, 0.3) is 0 Å². The van der Waals surface area contributed by atoms with Crippen molar-refractivity contribution < 1.29 is 29.0 Å². The number of hydrogen-bond donors (Lipinski definition) is 1. The second-order valence-corrected chi connectivity index (χ2v) is 7.28. The molecule has 0 amide bonds. The topological polar surface area (TPSA) is 89.9 Å². The highest BCUT2D eigenvalue weighted by Crippen LogP contribution is 2.49. The maximum absolute atomic E-state index is 13.0. The molecule has 1 saturated heterocycles. The first kappa shape index (κ1) is 15.6. The second-order valence-electron chi connectivity index (χ2n) is 6.08. The molecule has 0 spiro atoms. The van der Waals surface area contributed by atoms with Crippen molar-refractivity contribution in [3.63, 3.8) is 0 Å². The smallest absolute Gasteiger partial charge is 0.199 e. The molecule has 0 saturated carbocycles. The zero-order valence-electron chi connectivity index (χ0n) is 13.0. The zero-order chi connectivity index (χ0) is 17.2. The molecule has 3 aliphatic rings. The zero-order valence-corrected chi connectivity index (χ0v) is 13.8. The summed E-state index contributed by atoms with van der Waals surface area (Å²) in [7, 11) is 1.41. The molecule has 1 aromatic carbocycles. The molecular weight excluding hydrogens is 332 g/mol. The minimum atomic E-state index is -1.92. The fraction of sp³-hybridized carbons (Fsp3) is 0.353. The van der Waals surface area contributed by atoms with Crippen LogP contribution in [-0.2, 0) is 9.53 Å². The van der Waals surface area contributed by atoms with E-state index in [-0.39, 0.29) is 45.3 Å². The van der Waals surface area contributed by atoms with Gasteiger partial charge in [0, 0.05) is 17.6 Å². The highest BCUT2D eigenvalue weighted by molar-refractivity contribution is 8.14. The summed E-state index contributed by atoms with van der Waals surface area (Å²) in [4.78, 5) is 37.9. The lowest BCUT2D eigenvalue weighted by Crippen LogP contribution is -2.50. The molecule has 2 heterocycles. The van der Waals surface area contributed by atoms with Gasteiger partial charge in [-0.15, -0.1) is 0 Å². The Balaban J connectivity index is 1.98.